The Balaban J connectivity index is 1.36. The van der Waals surface area contributed by atoms with Crippen molar-refractivity contribution >= 4 is 27.4 Å². The number of rotatable bonds is 2. The van der Waals surface area contributed by atoms with E-state index < -0.39 is 5.41 Å². The topological polar surface area (TPSA) is 4.93 Å². The third-order valence-corrected chi connectivity index (χ3v) is 10.7. The zero-order valence-electron chi connectivity index (χ0n) is 25.1. The van der Waals surface area contributed by atoms with Crippen molar-refractivity contribution in [2.45, 2.75) is 18.3 Å². The molecule has 3 unspecified atom stereocenters. The first-order chi connectivity index (χ1) is 22.3. The van der Waals surface area contributed by atoms with Gasteiger partial charge in [-0.3, -0.25) is 0 Å². The Morgan fingerprint density at radius 1 is 0.556 bits per heavy atom. The molecule has 10 rings (SSSR count). The van der Waals surface area contributed by atoms with Crippen molar-refractivity contribution in [2.24, 2.45) is 5.92 Å². The molecule has 2 aliphatic carbocycles. The highest BCUT2D eigenvalue weighted by molar-refractivity contribution is 6.13. The molecule has 0 amide bonds. The summed E-state index contributed by atoms with van der Waals surface area (Å²) in [5.41, 5.74) is 15.5. The molecule has 2 heterocycles. The number of hydrogen-bond acceptors (Lipinski definition) is 0. The minimum Gasteiger partial charge on any atom is -0.309 e. The van der Waals surface area contributed by atoms with E-state index in [1.807, 2.05) is 0 Å². The molecule has 212 valence electrons. The first kappa shape index (κ1) is 25.0. The van der Waals surface area contributed by atoms with Crippen LogP contribution in [0.1, 0.15) is 46.2 Å². The second-order valence-electron chi connectivity index (χ2n) is 12.9. The molecule has 45 heavy (non-hydrogen) atoms. The molecule has 1 nitrogen and oxygen atoms in total. The van der Waals surface area contributed by atoms with Gasteiger partial charge in [-0.25, -0.2) is 0 Å². The lowest BCUT2D eigenvalue weighted by atomic mass is 9.63. The minimum absolute atomic E-state index is 0.325. The van der Waals surface area contributed by atoms with Crippen LogP contribution >= 0.6 is 0 Å². The van der Waals surface area contributed by atoms with E-state index in [-0.39, 0.29) is 0 Å². The second kappa shape index (κ2) is 9.06. The smallest absolute Gasteiger partial charge is 0.0760 e. The first-order valence-corrected chi connectivity index (χ1v) is 16.1. The Morgan fingerprint density at radius 3 is 2.13 bits per heavy atom. The predicted molar refractivity (Wildman–Crippen MR) is 187 cm³/mol. The predicted octanol–water partition coefficient (Wildman–Crippen LogP) is 10.8. The normalized spacial score (nSPS) is 20.7. The number of allylic oxidation sites excluding steroid dienone is 4. The second-order valence-corrected chi connectivity index (χ2v) is 12.9. The van der Waals surface area contributed by atoms with Gasteiger partial charge < -0.3 is 4.57 Å². The van der Waals surface area contributed by atoms with Crippen LogP contribution in [0.2, 0.25) is 0 Å². The van der Waals surface area contributed by atoms with Gasteiger partial charge in [0.15, 0.2) is 0 Å². The Bertz CT molecular complexity index is 2400. The van der Waals surface area contributed by atoms with Gasteiger partial charge in [-0.05, 0) is 68.1 Å². The summed E-state index contributed by atoms with van der Waals surface area (Å²) in [5, 5.41) is 2.62. The lowest BCUT2D eigenvalue weighted by Gasteiger charge is -2.40. The average Bonchev–Trinajstić information content (AvgIpc) is 3.60. The van der Waals surface area contributed by atoms with Gasteiger partial charge in [0.2, 0.25) is 0 Å². The minimum atomic E-state index is -0.455. The van der Waals surface area contributed by atoms with Crippen molar-refractivity contribution in [3.8, 4) is 16.8 Å². The fourth-order valence-electron chi connectivity index (χ4n) is 8.89. The number of para-hydroxylation sites is 3. The van der Waals surface area contributed by atoms with Crippen LogP contribution in [0.4, 0.5) is 0 Å². The van der Waals surface area contributed by atoms with E-state index in [4.69, 9.17) is 0 Å². The summed E-state index contributed by atoms with van der Waals surface area (Å²) < 4.78 is 2.52. The van der Waals surface area contributed by atoms with Crippen LogP contribution in [0.15, 0.2) is 158 Å². The number of benzene rings is 6. The van der Waals surface area contributed by atoms with E-state index in [0.29, 0.717) is 11.8 Å². The summed E-state index contributed by atoms with van der Waals surface area (Å²) in [4.78, 5) is 0. The third kappa shape index (κ3) is 3.13. The van der Waals surface area contributed by atoms with Gasteiger partial charge in [0.25, 0.3) is 0 Å². The molecule has 0 saturated carbocycles. The van der Waals surface area contributed by atoms with Crippen molar-refractivity contribution < 1.29 is 0 Å². The Labute approximate surface area is 263 Å². The molecule has 7 aromatic rings. The number of hydrogen-bond donors (Lipinski definition) is 0. The third-order valence-electron chi connectivity index (χ3n) is 10.7. The van der Waals surface area contributed by atoms with Crippen LogP contribution in [0.5, 0.6) is 0 Å². The summed E-state index contributed by atoms with van der Waals surface area (Å²) in [6, 6.07) is 52.2. The van der Waals surface area contributed by atoms with Gasteiger partial charge in [-0.1, -0.05) is 153 Å². The maximum absolute atomic E-state index is 2.53. The Morgan fingerprint density at radius 2 is 1.22 bits per heavy atom. The largest absolute Gasteiger partial charge is 0.309 e. The monoisotopic (exact) mass is 573 g/mol. The van der Waals surface area contributed by atoms with Gasteiger partial charge in [0, 0.05) is 16.7 Å². The highest BCUT2D eigenvalue weighted by atomic mass is 15.0. The SMILES string of the molecule is CC1C=CC(c2cccc3c2C2(c4ccccc4-3)c3ccccc3-n3c4ccccc4c4cccc2c43)=CC1c1ccccc1. The summed E-state index contributed by atoms with van der Waals surface area (Å²) in [5.74, 6) is 0.755. The van der Waals surface area contributed by atoms with E-state index in [2.05, 4.69) is 169 Å². The molecule has 1 spiro atoms. The molecular formula is C44H31N. The van der Waals surface area contributed by atoms with Crippen LogP contribution < -0.4 is 0 Å². The Kier molecular flexibility index (Phi) is 5.03. The van der Waals surface area contributed by atoms with Crippen molar-refractivity contribution in [2.75, 3.05) is 0 Å². The van der Waals surface area contributed by atoms with Crippen LogP contribution in [0.25, 0.3) is 44.2 Å². The zero-order valence-corrected chi connectivity index (χ0v) is 25.1. The van der Waals surface area contributed by atoms with Crippen LogP contribution in [0.3, 0.4) is 0 Å². The van der Waals surface area contributed by atoms with Gasteiger partial charge >= 0.3 is 0 Å². The molecule has 0 bridgehead atoms. The van der Waals surface area contributed by atoms with Crippen LogP contribution in [0, 0.1) is 5.92 Å². The lowest BCUT2D eigenvalue weighted by Crippen LogP contribution is -2.34. The van der Waals surface area contributed by atoms with E-state index in [1.54, 1.807) is 0 Å². The molecule has 3 aliphatic rings. The quantitative estimate of drug-likeness (QED) is 0.194. The molecule has 0 fully saturated rings. The molecular weight excluding hydrogens is 542 g/mol. The lowest BCUT2D eigenvalue weighted by molar-refractivity contribution is 0.637. The molecule has 0 N–H and O–H groups in total. The zero-order chi connectivity index (χ0) is 29.7. The molecule has 1 heteroatoms. The summed E-state index contributed by atoms with van der Waals surface area (Å²) >= 11 is 0. The molecule has 6 aromatic carbocycles. The van der Waals surface area contributed by atoms with Crippen molar-refractivity contribution in [1.82, 2.24) is 4.57 Å². The summed E-state index contributed by atoms with van der Waals surface area (Å²) in [6.07, 6.45) is 7.32. The molecule has 3 atom stereocenters. The average molecular weight is 574 g/mol. The maximum atomic E-state index is 2.53. The van der Waals surface area contributed by atoms with Crippen molar-refractivity contribution in [3.63, 3.8) is 0 Å². The maximum Gasteiger partial charge on any atom is 0.0760 e. The van der Waals surface area contributed by atoms with Crippen molar-refractivity contribution in [1.29, 1.82) is 0 Å². The highest BCUT2D eigenvalue weighted by Crippen LogP contribution is 2.62. The van der Waals surface area contributed by atoms with Gasteiger partial charge in [-0.2, -0.15) is 0 Å². The van der Waals surface area contributed by atoms with Crippen LogP contribution in [-0.4, -0.2) is 4.57 Å². The Hall–Kier alpha value is -5.40. The number of aromatic nitrogens is 1. The fourth-order valence-corrected chi connectivity index (χ4v) is 8.89. The van der Waals surface area contributed by atoms with E-state index in [1.165, 1.54) is 77.6 Å². The molecule has 1 aliphatic heterocycles. The highest BCUT2D eigenvalue weighted by Gasteiger charge is 2.52. The van der Waals surface area contributed by atoms with E-state index >= 15 is 0 Å². The van der Waals surface area contributed by atoms with E-state index in [9.17, 15) is 0 Å². The number of nitrogens with zero attached hydrogens (tertiary/aromatic N) is 1. The summed E-state index contributed by atoms with van der Waals surface area (Å²) in [6.45, 7) is 2.34. The van der Waals surface area contributed by atoms with Gasteiger partial charge in [0.1, 0.15) is 0 Å². The standard InChI is InChI=1S/C44H31N/c1-28-25-26-30(27-36(28)29-13-3-2-4-14-29)31-17-11-18-34-32-15-5-7-20-37(32)44(42(31)34)38-21-8-10-24-41(38)45-40-23-9-6-16-33(40)35-19-12-22-39(44)43(35)45/h2-28,36H,1H3. The van der Waals surface area contributed by atoms with Gasteiger partial charge in [0.05, 0.1) is 22.1 Å². The van der Waals surface area contributed by atoms with Gasteiger partial charge in [-0.15, -0.1) is 0 Å². The van der Waals surface area contributed by atoms with Crippen molar-refractivity contribution in [3.05, 3.63) is 191 Å². The fraction of sp³-hybridized carbons (Fsp3) is 0.0909. The van der Waals surface area contributed by atoms with Crippen LogP contribution in [-0.2, 0) is 5.41 Å². The first-order valence-electron chi connectivity index (χ1n) is 16.1. The molecule has 0 saturated heterocycles. The molecule has 1 aromatic heterocycles. The number of fused-ring (bicyclic) bond motifs is 12. The molecule has 0 radical (unpaired) electrons. The van der Waals surface area contributed by atoms with E-state index in [0.717, 1.165) is 0 Å². The summed E-state index contributed by atoms with van der Waals surface area (Å²) in [7, 11) is 0.